The van der Waals surface area contributed by atoms with Crippen molar-refractivity contribution >= 4 is 26.6 Å². The number of oxime groups is 1. The van der Waals surface area contributed by atoms with Gasteiger partial charge in [0.2, 0.25) is 10.0 Å². The second-order valence-electron chi connectivity index (χ2n) is 4.58. The fraction of sp³-hybridized carbons (Fsp3) is 0.214. The van der Waals surface area contributed by atoms with Crippen LogP contribution in [0.1, 0.15) is 13.3 Å². The monoisotopic (exact) mass is 307 g/mol. The molecule has 1 atom stereocenters. The highest BCUT2D eigenvalue weighted by Crippen LogP contribution is 2.22. The van der Waals surface area contributed by atoms with E-state index in [-0.39, 0.29) is 10.7 Å². The summed E-state index contributed by atoms with van der Waals surface area (Å²) in [6.07, 6.45) is 0.375. The molecule has 7 heteroatoms. The normalized spacial score (nSPS) is 14.2. The molecule has 0 fully saturated rings. The van der Waals surface area contributed by atoms with Gasteiger partial charge in [-0.05, 0) is 17.9 Å². The van der Waals surface area contributed by atoms with Crippen molar-refractivity contribution in [2.24, 2.45) is 10.9 Å². The first-order valence-corrected chi connectivity index (χ1v) is 7.95. The highest BCUT2D eigenvalue weighted by molar-refractivity contribution is 7.89. The molecule has 0 amide bonds. The van der Waals surface area contributed by atoms with E-state index in [1.165, 1.54) is 6.07 Å². The fourth-order valence-corrected chi connectivity index (χ4v) is 3.63. The molecule has 0 spiro atoms. The molecule has 2 rings (SSSR count). The second-order valence-corrected chi connectivity index (χ2v) is 6.27. The average Bonchev–Trinajstić information content (AvgIpc) is 2.51. The van der Waals surface area contributed by atoms with Crippen LogP contribution in [0.15, 0.2) is 52.5 Å². The van der Waals surface area contributed by atoms with Gasteiger partial charge in [0.15, 0.2) is 5.84 Å². The Morgan fingerprint density at radius 2 is 1.95 bits per heavy atom. The summed E-state index contributed by atoms with van der Waals surface area (Å²) < 4.78 is 27.5. The van der Waals surface area contributed by atoms with Crippen LogP contribution in [0.25, 0.3) is 10.8 Å². The molecule has 21 heavy (non-hydrogen) atoms. The van der Waals surface area contributed by atoms with Crippen molar-refractivity contribution in [3.8, 4) is 0 Å². The Labute approximate surface area is 123 Å². The summed E-state index contributed by atoms with van der Waals surface area (Å²) >= 11 is 0. The molecule has 4 N–H and O–H groups in total. The number of rotatable bonds is 5. The molecule has 0 saturated carbocycles. The molecule has 0 saturated heterocycles. The Morgan fingerprint density at radius 1 is 1.29 bits per heavy atom. The lowest BCUT2D eigenvalue weighted by molar-refractivity contribution is 0.315. The van der Waals surface area contributed by atoms with Crippen molar-refractivity contribution in [1.29, 1.82) is 0 Å². The first-order valence-electron chi connectivity index (χ1n) is 6.47. The van der Waals surface area contributed by atoms with E-state index in [2.05, 4.69) is 9.88 Å². The highest BCUT2D eigenvalue weighted by atomic mass is 32.2. The Morgan fingerprint density at radius 3 is 2.62 bits per heavy atom. The molecular formula is C14H17N3O3S. The van der Waals surface area contributed by atoms with E-state index in [4.69, 9.17) is 10.9 Å². The minimum absolute atomic E-state index is 0.165. The van der Waals surface area contributed by atoms with Gasteiger partial charge in [-0.25, -0.2) is 13.1 Å². The Balaban J connectivity index is 2.47. The van der Waals surface area contributed by atoms with E-state index >= 15 is 0 Å². The topological polar surface area (TPSA) is 105 Å². The van der Waals surface area contributed by atoms with Crippen molar-refractivity contribution in [1.82, 2.24) is 4.72 Å². The maximum atomic E-state index is 12.5. The first kappa shape index (κ1) is 15.3. The van der Waals surface area contributed by atoms with Gasteiger partial charge >= 0.3 is 0 Å². The van der Waals surface area contributed by atoms with Crippen molar-refractivity contribution in [2.75, 3.05) is 0 Å². The van der Waals surface area contributed by atoms with E-state index in [0.29, 0.717) is 11.8 Å². The number of sulfonamides is 1. The molecule has 1 unspecified atom stereocenters. The van der Waals surface area contributed by atoms with E-state index in [1.54, 1.807) is 25.1 Å². The van der Waals surface area contributed by atoms with Gasteiger partial charge in [-0.3, -0.25) is 0 Å². The van der Waals surface area contributed by atoms with Crippen molar-refractivity contribution in [3.05, 3.63) is 42.5 Å². The van der Waals surface area contributed by atoms with Gasteiger partial charge in [-0.2, -0.15) is 0 Å². The van der Waals surface area contributed by atoms with Crippen LogP contribution < -0.4 is 10.5 Å². The third-order valence-electron chi connectivity index (χ3n) is 3.22. The smallest absolute Gasteiger partial charge is 0.241 e. The molecule has 0 radical (unpaired) electrons. The third-order valence-corrected chi connectivity index (χ3v) is 4.75. The molecule has 0 aliphatic rings. The van der Waals surface area contributed by atoms with Crippen molar-refractivity contribution in [2.45, 2.75) is 24.3 Å². The van der Waals surface area contributed by atoms with E-state index in [0.717, 1.165) is 5.39 Å². The van der Waals surface area contributed by atoms with Crippen LogP contribution >= 0.6 is 0 Å². The van der Waals surface area contributed by atoms with Gasteiger partial charge in [-0.15, -0.1) is 0 Å². The third kappa shape index (κ3) is 3.14. The standard InChI is InChI=1S/C14H17N3O3S/c1-2-12(14(15)16-18)17-21(19,20)13-9-5-7-10-6-3-4-8-11(10)13/h3-9,12,17-18H,2H2,1H3,(H2,15,16). The Bertz CT molecular complexity index is 767. The Hall–Kier alpha value is -2.12. The van der Waals surface area contributed by atoms with Gasteiger partial charge in [0.1, 0.15) is 0 Å². The molecule has 2 aromatic rings. The zero-order valence-corrected chi connectivity index (χ0v) is 12.3. The largest absolute Gasteiger partial charge is 0.409 e. The number of nitrogens with two attached hydrogens (primary N) is 1. The lowest BCUT2D eigenvalue weighted by atomic mass is 10.1. The van der Waals surface area contributed by atoms with Crippen LogP contribution in [-0.4, -0.2) is 25.5 Å². The van der Waals surface area contributed by atoms with Crippen LogP contribution in [0.3, 0.4) is 0 Å². The summed E-state index contributed by atoms with van der Waals surface area (Å²) in [5, 5.41) is 13.0. The first-order chi connectivity index (χ1) is 9.99. The summed E-state index contributed by atoms with van der Waals surface area (Å²) in [5.74, 6) is -0.165. The zero-order chi connectivity index (χ0) is 15.5. The summed E-state index contributed by atoms with van der Waals surface area (Å²) in [5.41, 5.74) is 5.50. The maximum Gasteiger partial charge on any atom is 0.241 e. The molecule has 0 bridgehead atoms. The van der Waals surface area contributed by atoms with E-state index in [1.807, 2.05) is 18.2 Å². The second kappa shape index (κ2) is 6.11. The molecular weight excluding hydrogens is 290 g/mol. The van der Waals surface area contributed by atoms with Gasteiger partial charge in [0.25, 0.3) is 0 Å². The lowest BCUT2D eigenvalue weighted by Gasteiger charge is -2.16. The molecule has 2 aromatic carbocycles. The SMILES string of the molecule is CCC(NS(=O)(=O)c1cccc2ccccc12)/C(N)=N/O. The van der Waals surface area contributed by atoms with Crippen LogP contribution in [0.4, 0.5) is 0 Å². The lowest BCUT2D eigenvalue weighted by Crippen LogP contribution is -2.44. The fourth-order valence-electron chi connectivity index (χ4n) is 2.10. The van der Waals surface area contributed by atoms with Crippen molar-refractivity contribution in [3.63, 3.8) is 0 Å². The van der Waals surface area contributed by atoms with Gasteiger partial charge in [0.05, 0.1) is 10.9 Å². The minimum Gasteiger partial charge on any atom is -0.409 e. The molecule has 0 aliphatic carbocycles. The number of benzene rings is 2. The summed E-state index contributed by atoms with van der Waals surface area (Å²) in [7, 11) is -3.78. The van der Waals surface area contributed by atoms with Gasteiger partial charge in [0, 0.05) is 5.39 Å². The van der Waals surface area contributed by atoms with Crippen LogP contribution in [-0.2, 0) is 10.0 Å². The molecule has 0 aromatic heterocycles. The summed E-state index contributed by atoms with van der Waals surface area (Å²) in [6.45, 7) is 1.74. The van der Waals surface area contributed by atoms with Crippen LogP contribution in [0.2, 0.25) is 0 Å². The maximum absolute atomic E-state index is 12.5. The number of amidine groups is 1. The number of hydrogen-bond donors (Lipinski definition) is 3. The molecule has 0 heterocycles. The average molecular weight is 307 g/mol. The number of nitrogens with zero attached hydrogens (tertiary/aromatic N) is 1. The van der Waals surface area contributed by atoms with E-state index < -0.39 is 16.1 Å². The number of hydrogen-bond acceptors (Lipinski definition) is 4. The Kier molecular flexibility index (Phi) is 4.44. The van der Waals surface area contributed by atoms with Gasteiger partial charge in [-0.1, -0.05) is 48.5 Å². The molecule has 0 aliphatic heterocycles. The summed E-state index contributed by atoms with van der Waals surface area (Å²) in [4.78, 5) is 0.171. The van der Waals surface area contributed by atoms with E-state index in [9.17, 15) is 8.42 Å². The quantitative estimate of drug-likeness (QED) is 0.338. The zero-order valence-electron chi connectivity index (χ0n) is 11.5. The van der Waals surface area contributed by atoms with Crippen LogP contribution in [0.5, 0.6) is 0 Å². The molecule has 112 valence electrons. The number of nitrogens with one attached hydrogen (secondary N) is 1. The van der Waals surface area contributed by atoms with Gasteiger partial charge < -0.3 is 10.9 Å². The summed E-state index contributed by atoms with van der Waals surface area (Å²) in [6, 6.07) is 11.5. The number of fused-ring (bicyclic) bond motifs is 1. The van der Waals surface area contributed by atoms with Crippen LogP contribution in [0, 0.1) is 0 Å². The minimum atomic E-state index is -3.78. The van der Waals surface area contributed by atoms with Crippen molar-refractivity contribution < 1.29 is 13.6 Å². The highest BCUT2D eigenvalue weighted by Gasteiger charge is 2.23. The molecule has 6 nitrogen and oxygen atoms in total. The predicted molar refractivity (Wildman–Crippen MR) is 81.8 cm³/mol. The predicted octanol–water partition coefficient (Wildman–Crippen LogP) is 1.64.